The zero-order chi connectivity index (χ0) is 11.2. The van der Waals surface area contributed by atoms with Crippen LogP contribution in [0.5, 0.6) is 0 Å². The quantitative estimate of drug-likeness (QED) is 0.668. The Labute approximate surface area is 99.5 Å². The molecular formula is C13H26N2O. The SMILES string of the molecule is COCCCN(CC1CCCCN1)C1CC1. The second-order valence-corrected chi connectivity index (χ2v) is 5.22. The first-order valence-corrected chi connectivity index (χ1v) is 6.86. The zero-order valence-electron chi connectivity index (χ0n) is 10.6. The minimum atomic E-state index is 0.747. The molecule has 1 N–H and O–H groups in total. The number of hydrogen-bond donors (Lipinski definition) is 1. The van der Waals surface area contributed by atoms with Crippen molar-refractivity contribution in [1.29, 1.82) is 0 Å². The molecule has 1 aliphatic heterocycles. The molecule has 2 rings (SSSR count). The summed E-state index contributed by atoms with van der Waals surface area (Å²) < 4.78 is 5.14. The van der Waals surface area contributed by atoms with E-state index in [4.69, 9.17) is 4.74 Å². The van der Waals surface area contributed by atoms with E-state index in [0.29, 0.717) is 0 Å². The van der Waals surface area contributed by atoms with E-state index < -0.39 is 0 Å². The van der Waals surface area contributed by atoms with Crippen molar-refractivity contribution in [3.8, 4) is 0 Å². The van der Waals surface area contributed by atoms with Gasteiger partial charge in [-0.15, -0.1) is 0 Å². The van der Waals surface area contributed by atoms with Crippen LogP contribution >= 0.6 is 0 Å². The maximum atomic E-state index is 5.14. The van der Waals surface area contributed by atoms with Crippen LogP contribution in [0.2, 0.25) is 0 Å². The molecule has 2 aliphatic rings. The maximum Gasteiger partial charge on any atom is 0.0474 e. The van der Waals surface area contributed by atoms with E-state index >= 15 is 0 Å². The molecule has 1 atom stereocenters. The highest BCUT2D eigenvalue weighted by atomic mass is 16.5. The van der Waals surface area contributed by atoms with E-state index in [2.05, 4.69) is 10.2 Å². The lowest BCUT2D eigenvalue weighted by Crippen LogP contribution is -2.44. The number of piperidine rings is 1. The van der Waals surface area contributed by atoms with Gasteiger partial charge in [-0.2, -0.15) is 0 Å². The number of hydrogen-bond acceptors (Lipinski definition) is 3. The maximum absolute atomic E-state index is 5.14. The van der Waals surface area contributed by atoms with Crippen molar-refractivity contribution in [3.05, 3.63) is 0 Å². The summed E-state index contributed by atoms with van der Waals surface area (Å²) >= 11 is 0. The molecule has 0 amide bonds. The Bertz CT molecular complexity index is 188. The molecule has 1 aliphatic carbocycles. The molecule has 0 aromatic rings. The predicted octanol–water partition coefficient (Wildman–Crippen LogP) is 1.63. The molecule has 0 aromatic heterocycles. The summed E-state index contributed by atoms with van der Waals surface area (Å²) in [5.74, 6) is 0. The van der Waals surface area contributed by atoms with Gasteiger partial charge in [0, 0.05) is 38.9 Å². The fourth-order valence-electron chi connectivity index (χ4n) is 2.64. The molecule has 0 aromatic carbocycles. The molecule has 0 bridgehead atoms. The second-order valence-electron chi connectivity index (χ2n) is 5.22. The second kappa shape index (κ2) is 6.58. The van der Waals surface area contributed by atoms with Gasteiger partial charge in [-0.1, -0.05) is 6.42 Å². The van der Waals surface area contributed by atoms with Crippen molar-refractivity contribution in [2.75, 3.05) is 33.4 Å². The highest BCUT2D eigenvalue weighted by Gasteiger charge is 2.30. The average Bonchev–Trinajstić information content (AvgIpc) is 3.13. The van der Waals surface area contributed by atoms with E-state index in [1.165, 1.54) is 58.2 Å². The third kappa shape index (κ3) is 4.04. The van der Waals surface area contributed by atoms with Crippen LogP contribution in [0.4, 0.5) is 0 Å². The Morgan fingerprint density at radius 2 is 2.12 bits per heavy atom. The lowest BCUT2D eigenvalue weighted by molar-refractivity contribution is 0.159. The molecule has 2 fully saturated rings. The van der Waals surface area contributed by atoms with Gasteiger partial charge in [-0.05, 0) is 38.6 Å². The number of nitrogens with one attached hydrogen (secondary N) is 1. The van der Waals surface area contributed by atoms with Crippen LogP contribution in [-0.4, -0.2) is 50.3 Å². The van der Waals surface area contributed by atoms with Gasteiger partial charge in [-0.3, -0.25) is 4.90 Å². The topological polar surface area (TPSA) is 24.5 Å². The Morgan fingerprint density at radius 1 is 1.25 bits per heavy atom. The van der Waals surface area contributed by atoms with Gasteiger partial charge < -0.3 is 10.1 Å². The van der Waals surface area contributed by atoms with E-state index in [0.717, 1.165) is 18.7 Å². The molecule has 1 unspecified atom stereocenters. The molecule has 0 radical (unpaired) electrons. The Morgan fingerprint density at radius 3 is 2.75 bits per heavy atom. The normalized spacial score (nSPS) is 26.2. The van der Waals surface area contributed by atoms with Gasteiger partial charge in [0.1, 0.15) is 0 Å². The van der Waals surface area contributed by atoms with E-state index in [9.17, 15) is 0 Å². The molecular weight excluding hydrogens is 200 g/mol. The molecule has 1 saturated heterocycles. The molecule has 16 heavy (non-hydrogen) atoms. The van der Waals surface area contributed by atoms with Crippen LogP contribution in [0.25, 0.3) is 0 Å². The number of rotatable bonds is 7. The first kappa shape index (κ1) is 12.3. The fraction of sp³-hybridized carbons (Fsp3) is 1.00. The smallest absolute Gasteiger partial charge is 0.0474 e. The largest absolute Gasteiger partial charge is 0.385 e. The summed E-state index contributed by atoms with van der Waals surface area (Å²) in [6, 6.07) is 1.64. The third-order valence-corrected chi connectivity index (χ3v) is 3.72. The minimum absolute atomic E-state index is 0.747. The van der Waals surface area contributed by atoms with E-state index in [-0.39, 0.29) is 0 Å². The summed E-state index contributed by atoms with van der Waals surface area (Å²) in [4.78, 5) is 2.68. The van der Waals surface area contributed by atoms with Crippen LogP contribution in [-0.2, 0) is 4.74 Å². The van der Waals surface area contributed by atoms with Gasteiger partial charge in [0.15, 0.2) is 0 Å². The van der Waals surface area contributed by atoms with Gasteiger partial charge in [0.2, 0.25) is 0 Å². The standard InChI is InChI=1S/C13H26N2O/c1-16-10-4-9-15(13-6-7-13)11-12-5-2-3-8-14-12/h12-14H,2-11H2,1H3. The molecule has 3 heteroatoms. The monoisotopic (exact) mass is 226 g/mol. The first-order valence-electron chi connectivity index (χ1n) is 6.86. The van der Waals surface area contributed by atoms with Gasteiger partial charge in [-0.25, -0.2) is 0 Å². The molecule has 1 saturated carbocycles. The highest BCUT2D eigenvalue weighted by Crippen LogP contribution is 2.27. The van der Waals surface area contributed by atoms with Crippen LogP contribution in [0.1, 0.15) is 38.5 Å². The van der Waals surface area contributed by atoms with Crippen LogP contribution in [0.15, 0.2) is 0 Å². The summed E-state index contributed by atoms with van der Waals surface area (Å²) in [6.07, 6.45) is 8.16. The van der Waals surface area contributed by atoms with Crippen LogP contribution in [0.3, 0.4) is 0 Å². The lowest BCUT2D eigenvalue weighted by Gasteiger charge is -2.30. The summed E-state index contributed by atoms with van der Waals surface area (Å²) in [5, 5.41) is 3.65. The lowest BCUT2D eigenvalue weighted by atomic mass is 10.0. The van der Waals surface area contributed by atoms with E-state index in [1.54, 1.807) is 7.11 Å². The van der Waals surface area contributed by atoms with Crippen molar-refractivity contribution in [2.45, 2.75) is 50.6 Å². The first-order chi connectivity index (χ1) is 7.90. The highest BCUT2D eigenvalue weighted by molar-refractivity contribution is 4.87. The Balaban J connectivity index is 1.68. The zero-order valence-corrected chi connectivity index (χ0v) is 10.6. The van der Waals surface area contributed by atoms with Crippen molar-refractivity contribution in [3.63, 3.8) is 0 Å². The van der Waals surface area contributed by atoms with Gasteiger partial charge in [0.25, 0.3) is 0 Å². The fourth-order valence-corrected chi connectivity index (χ4v) is 2.64. The summed E-state index contributed by atoms with van der Waals surface area (Å²) in [7, 11) is 1.80. The van der Waals surface area contributed by atoms with E-state index in [1.807, 2.05) is 0 Å². The van der Waals surface area contributed by atoms with Crippen LogP contribution in [0, 0.1) is 0 Å². The molecule has 0 spiro atoms. The number of ether oxygens (including phenoxy) is 1. The van der Waals surface area contributed by atoms with Crippen molar-refractivity contribution < 1.29 is 4.74 Å². The average molecular weight is 226 g/mol. The Hall–Kier alpha value is -0.120. The van der Waals surface area contributed by atoms with Crippen molar-refractivity contribution in [2.24, 2.45) is 0 Å². The van der Waals surface area contributed by atoms with Crippen LogP contribution < -0.4 is 5.32 Å². The Kier molecular flexibility index (Phi) is 5.07. The number of nitrogens with zero attached hydrogens (tertiary/aromatic N) is 1. The number of methoxy groups -OCH3 is 1. The van der Waals surface area contributed by atoms with Gasteiger partial charge in [0.05, 0.1) is 0 Å². The summed E-state index contributed by atoms with van der Waals surface area (Å²) in [6.45, 7) is 4.60. The third-order valence-electron chi connectivity index (χ3n) is 3.72. The molecule has 3 nitrogen and oxygen atoms in total. The van der Waals surface area contributed by atoms with Crippen molar-refractivity contribution in [1.82, 2.24) is 10.2 Å². The minimum Gasteiger partial charge on any atom is -0.385 e. The van der Waals surface area contributed by atoms with Gasteiger partial charge >= 0.3 is 0 Å². The molecule has 94 valence electrons. The summed E-state index contributed by atoms with van der Waals surface area (Å²) in [5.41, 5.74) is 0. The van der Waals surface area contributed by atoms with Crippen molar-refractivity contribution >= 4 is 0 Å². The predicted molar refractivity (Wildman–Crippen MR) is 66.7 cm³/mol. The molecule has 1 heterocycles.